The Morgan fingerprint density at radius 3 is 3.00 bits per heavy atom. The van der Waals surface area contributed by atoms with E-state index in [1.807, 2.05) is 0 Å². The zero-order valence-electron chi connectivity index (χ0n) is 9.03. The number of halogens is 1. The molecule has 1 aromatic heterocycles. The maximum Gasteiger partial charge on any atom is 0.153 e. The molecule has 0 aliphatic rings. The molecule has 0 saturated carbocycles. The SMILES string of the molecule is CC(C)COCCNc1cnnc(Cl)c1. The minimum Gasteiger partial charge on any atom is -0.381 e. The molecule has 84 valence electrons. The molecule has 0 bridgehead atoms. The van der Waals surface area contributed by atoms with Crippen LogP contribution in [0.1, 0.15) is 13.8 Å². The van der Waals surface area contributed by atoms with Crippen LogP contribution in [0.2, 0.25) is 5.15 Å². The maximum atomic E-state index is 5.68. The molecular weight excluding hydrogens is 214 g/mol. The van der Waals surface area contributed by atoms with E-state index >= 15 is 0 Å². The molecule has 1 aromatic rings. The smallest absolute Gasteiger partial charge is 0.153 e. The molecule has 0 aliphatic carbocycles. The van der Waals surface area contributed by atoms with Crippen LogP contribution in [0.4, 0.5) is 5.69 Å². The molecule has 0 aliphatic heterocycles. The minimum atomic E-state index is 0.392. The molecule has 15 heavy (non-hydrogen) atoms. The van der Waals surface area contributed by atoms with Gasteiger partial charge in [-0.3, -0.25) is 0 Å². The molecule has 0 amide bonds. The summed E-state index contributed by atoms with van der Waals surface area (Å²) in [7, 11) is 0. The van der Waals surface area contributed by atoms with E-state index in [1.54, 1.807) is 12.3 Å². The van der Waals surface area contributed by atoms with Crippen molar-refractivity contribution in [3.63, 3.8) is 0 Å². The highest BCUT2D eigenvalue weighted by atomic mass is 35.5. The van der Waals surface area contributed by atoms with Crippen LogP contribution in [-0.4, -0.2) is 30.0 Å². The summed E-state index contributed by atoms with van der Waals surface area (Å²) >= 11 is 5.68. The van der Waals surface area contributed by atoms with Gasteiger partial charge in [-0.15, -0.1) is 5.10 Å². The van der Waals surface area contributed by atoms with Gasteiger partial charge in [0.25, 0.3) is 0 Å². The first-order valence-corrected chi connectivity index (χ1v) is 5.36. The van der Waals surface area contributed by atoms with Crippen molar-refractivity contribution in [2.75, 3.05) is 25.1 Å². The summed E-state index contributed by atoms with van der Waals surface area (Å²) < 4.78 is 5.42. The summed E-state index contributed by atoms with van der Waals surface area (Å²) in [4.78, 5) is 0. The molecule has 0 spiro atoms. The lowest BCUT2D eigenvalue weighted by Gasteiger charge is -2.08. The topological polar surface area (TPSA) is 47.0 Å². The molecule has 0 fully saturated rings. The summed E-state index contributed by atoms with van der Waals surface area (Å²) in [5.41, 5.74) is 0.864. The van der Waals surface area contributed by atoms with E-state index in [0.29, 0.717) is 17.7 Å². The third kappa shape index (κ3) is 5.54. The summed E-state index contributed by atoms with van der Waals surface area (Å²) in [6.45, 7) is 6.46. The van der Waals surface area contributed by atoms with E-state index in [4.69, 9.17) is 16.3 Å². The molecule has 0 radical (unpaired) electrons. The molecule has 1 heterocycles. The van der Waals surface area contributed by atoms with Gasteiger partial charge in [-0.05, 0) is 5.92 Å². The summed E-state index contributed by atoms with van der Waals surface area (Å²) in [6.07, 6.45) is 1.63. The summed E-state index contributed by atoms with van der Waals surface area (Å²) in [6, 6.07) is 1.73. The highest BCUT2D eigenvalue weighted by Crippen LogP contribution is 2.09. The largest absolute Gasteiger partial charge is 0.381 e. The van der Waals surface area contributed by atoms with E-state index < -0.39 is 0 Å². The Morgan fingerprint density at radius 1 is 1.53 bits per heavy atom. The molecule has 5 heteroatoms. The van der Waals surface area contributed by atoms with Crippen LogP contribution >= 0.6 is 11.6 Å². The quantitative estimate of drug-likeness (QED) is 0.760. The summed E-state index contributed by atoms with van der Waals surface area (Å²) in [5.74, 6) is 0.571. The Labute approximate surface area is 95.0 Å². The average Bonchev–Trinajstić information content (AvgIpc) is 2.17. The maximum absolute atomic E-state index is 5.68. The Morgan fingerprint density at radius 2 is 2.33 bits per heavy atom. The normalized spacial score (nSPS) is 10.7. The van der Waals surface area contributed by atoms with Crippen molar-refractivity contribution in [2.45, 2.75) is 13.8 Å². The fourth-order valence-corrected chi connectivity index (χ4v) is 1.19. The van der Waals surface area contributed by atoms with Gasteiger partial charge in [0.1, 0.15) is 0 Å². The van der Waals surface area contributed by atoms with Gasteiger partial charge in [0, 0.05) is 19.2 Å². The first-order chi connectivity index (χ1) is 7.18. The van der Waals surface area contributed by atoms with Crippen molar-refractivity contribution < 1.29 is 4.74 Å². The standard InChI is InChI=1S/C10H16ClN3O/c1-8(2)7-15-4-3-12-9-5-10(11)14-13-6-9/h5-6,8H,3-4,7H2,1-2H3,(H,12,14). The average molecular weight is 230 g/mol. The summed E-state index contributed by atoms with van der Waals surface area (Å²) in [5, 5.41) is 10.9. The number of nitrogens with one attached hydrogen (secondary N) is 1. The highest BCUT2D eigenvalue weighted by Gasteiger charge is 1.96. The number of aromatic nitrogens is 2. The van der Waals surface area contributed by atoms with Crippen LogP contribution < -0.4 is 5.32 Å². The first kappa shape index (κ1) is 12.2. The molecule has 1 rings (SSSR count). The molecule has 0 unspecified atom stereocenters. The van der Waals surface area contributed by atoms with Gasteiger partial charge in [-0.2, -0.15) is 5.10 Å². The first-order valence-electron chi connectivity index (χ1n) is 4.98. The monoisotopic (exact) mass is 229 g/mol. The van der Waals surface area contributed by atoms with Crippen molar-refractivity contribution >= 4 is 17.3 Å². The number of rotatable bonds is 6. The van der Waals surface area contributed by atoms with Crippen LogP contribution in [0.25, 0.3) is 0 Å². The van der Waals surface area contributed by atoms with E-state index in [2.05, 4.69) is 29.4 Å². The lowest BCUT2D eigenvalue weighted by molar-refractivity contribution is 0.118. The number of nitrogens with zero attached hydrogens (tertiary/aromatic N) is 2. The predicted molar refractivity (Wildman–Crippen MR) is 61.2 cm³/mol. The fraction of sp³-hybridized carbons (Fsp3) is 0.600. The van der Waals surface area contributed by atoms with Crippen molar-refractivity contribution in [3.8, 4) is 0 Å². The molecular formula is C10H16ClN3O. The second-order valence-electron chi connectivity index (χ2n) is 3.66. The van der Waals surface area contributed by atoms with E-state index in [-0.39, 0.29) is 0 Å². The van der Waals surface area contributed by atoms with Gasteiger partial charge in [0.15, 0.2) is 5.15 Å². The lowest BCUT2D eigenvalue weighted by atomic mass is 10.2. The van der Waals surface area contributed by atoms with Crippen molar-refractivity contribution in [3.05, 3.63) is 17.4 Å². The molecule has 4 nitrogen and oxygen atoms in total. The Kier molecular flexibility index (Phi) is 5.36. The highest BCUT2D eigenvalue weighted by molar-refractivity contribution is 6.29. The number of ether oxygens (including phenoxy) is 1. The van der Waals surface area contributed by atoms with Crippen molar-refractivity contribution in [1.82, 2.24) is 10.2 Å². The predicted octanol–water partition coefficient (Wildman–Crippen LogP) is 2.21. The molecule has 0 saturated heterocycles. The fourth-order valence-electron chi connectivity index (χ4n) is 1.02. The second kappa shape index (κ2) is 6.58. The van der Waals surface area contributed by atoms with Gasteiger partial charge in [0.05, 0.1) is 18.5 Å². The Balaban J connectivity index is 2.15. The molecule has 0 aromatic carbocycles. The van der Waals surface area contributed by atoms with E-state index in [1.165, 1.54) is 0 Å². The van der Waals surface area contributed by atoms with Crippen LogP contribution in [0.15, 0.2) is 12.3 Å². The third-order valence-corrected chi connectivity index (χ3v) is 1.84. The minimum absolute atomic E-state index is 0.392. The van der Waals surface area contributed by atoms with Crippen molar-refractivity contribution in [1.29, 1.82) is 0 Å². The lowest BCUT2D eigenvalue weighted by Crippen LogP contribution is -2.12. The van der Waals surface area contributed by atoms with Crippen LogP contribution in [0.3, 0.4) is 0 Å². The third-order valence-electron chi connectivity index (χ3n) is 1.65. The molecule has 0 atom stereocenters. The van der Waals surface area contributed by atoms with Gasteiger partial charge in [-0.25, -0.2) is 0 Å². The van der Waals surface area contributed by atoms with Gasteiger partial charge in [0.2, 0.25) is 0 Å². The van der Waals surface area contributed by atoms with E-state index in [0.717, 1.165) is 18.8 Å². The van der Waals surface area contributed by atoms with Gasteiger partial charge < -0.3 is 10.1 Å². The number of anilines is 1. The zero-order valence-corrected chi connectivity index (χ0v) is 9.79. The van der Waals surface area contributed by atoms with Crippen LogP contribution in [0, 0.1) is 5.92 Å². The Hall–Kier alpha value is -0.870. The van der Waals surface area contributed by atoms with Crippen LogP contribution in [-0.2, 0) is 4.74 Å². The van der Waals surface area contributed by atoms with E-state index in [9.17, 15) is 0 Å². The number of hydrogen-bond acceptors (Lipinski definition) is 4. The number of hydrogen-bond donors (Lipinski definition) is 1. The van der Waals surface area contributed by atoms with Crippen LogP contribution in [0.5, 0.6) is 0 Å². The Bertz CT molecular complexity index is 294. The van der Waals surface area contributed by atoms with Crippen molar-refractivity contribution in [2.24, 2.45) is 5.92 Å². The van der Waals surface area contributed by atoms with Gasteiger partial charge in [-0.1, -0.05) is 25.4 Å². The molecule has 1 N–H and O–H groups in total. The zero-order chi connectivity index (χ0) is 11.1. The second-order valence-corrected chi connectivity index (χ2v) is 4.05. The van der Waals surface area contributed by atoms with Gasteiger partial charge >= 0.3 is 0 Å².